The van der Waals surface area contributed by atoms with Crippen molar-refractivity contribution in [3.8, 4) is 5.75 Å². The van der Waals surface area contributed by atoms with Crippen LogP contribution in [0.1, 0.15) is 51.5 Å². The van der Waals surface area contributed by atoms with Crippen molar-refractivity contribution in [2.45, 2.75) is 45.5 Å². The SMILES string of the molecule is Cc1ccn2nc(C)c(C(=O)NCc3ccc(C4CCN(c5ccc(OC(F)(F)F)cc5)CC4)c(F)c3)c2c1.Cl. The molecule has 0 bridgehead atoms. The van der Waals surface area contributed by atoms with E-state index in [9.17, 15) is 18.0 Å². The van der Waals surface area contributed by atoms with E-state index in [2.05, 4.69) is 20.1 Å². The molecule has 2 aromatic heterocycles. The highest BCUT2D eigenvalue weighted by molar-refractivity contribution is 6.02. The molecule has 1 aliphatic heterocycles. The van der Waals surface area contributed by atoms with Gasteiger partial charge in [-0.2, -0.15) is 5.10 Å². The topological polar surface area (TPSA) is 58.9 Å². The molecule has 0 atom stereocenters. The summed E-state index contributed by atoms with van der Waals surface area (Å²) >= 11 is 0. The van der Waals surface area contributed by atoms with Crippen molar-refractivity contribution in [1.82, 2.24) is 14.9 Å². The van der Waals surface area contributed by atoms with E-state index in [1.807, 2.05) is 31.3 Å². The molecule has 1 saturated heterocycles. The first-order valence-electron chi connectivity index (χ1n) is 12.7. The highest BCUT2D eigenvalue weighted by Gasteiger charge is 2.31. The number of piperidine rings is 1. The van der Waals surface area contributed by atoms with E-state index in [1.54, 1.807) is 29.6 Å². The number of alkyl halides is 3. The van der Waals surface area contributed by atoms with E-state index in [0.717, 1.165) is 16.8 Å². The summed E-state index contributed by atoms with van der Waals surface area (Å²) in [7, 11) is 0. The molecule has 1 N–H and O–H groups in total. The number of aryl methyl sites for hydroxylation is 2. The van der Waals surface area contributed by atoms with Crippen LogP contribution in [-0.4, -0.2) is 35.0 Å². The van der Waals surface area contributed by atoms with Gasteiger partial charge >= 0.3 is 6.36 Å². The van der Waals surface area contributed by atoms with E-state index in [0.29, 0.717) is 48.3 Å². The molecule has 0 spiro atoms. The van der Waals surface area contributed by atoms with Crippen molar-refractivity contribution in [3.05, 3.63) is 94.6 Å². The number of hydrogen-bond acceptors (Lipinski definition) is 4. The number of rotatable bonds is 6. The van der Waals surface area contributed by atoms with Gasteiger partial charge in [0, 0.05) is 31.5 Å². The fraction of sp³-hybridized carbons (Fsp3) is 0.310. The number of halogens is 5. The molecule has 2 aromatic carbocycles. The molecule has 11 heteroatoms. The van der Waals surface area contributed by atoms with Crippen molar-refractivity contribution in [2.75, 3.05) is 18.0 Å². The number of amides is 1. The molecule has 6 nitrogen and oxygen atoms in total. The highest BCUT2D eigenvalue weighted by atomic mass is 35.5. The number of ether oxygens (including phenoxy) is 1. The van der Waals surface area contributed by atoms with Gasteiger partial charge in [0.25, 0.3) is 5.91 Å². The van der Waals surface area contributed by atoms with Crippen LogP contribution in [0.3, 0.4) is 0 Å². The van der Waals surface area contributed by atoms with E-state index in [1.165, 1.54) is 18.2 Å². The van der Waals surface area contributed by atoms with Gasteiger partial charge in [0.1, 0.15) is 11.6 Å². The summed E-state index contributed by atoms with van der Waals surface area (Å²) in [6.07, 6.45) is -1.49. The number of pyridine rings is 1. The minimum Gasteiger partial charge on any atom is -0.406 e. The van der Waals surface area contributed by atoms with Crippen molar-refractivity contribution in [3.63, 3.8) is 0 Å². The normalized spacial score (nSPS) is 14.2. The second-order valence-corrected chi connectivity index (χ2v) is 9.84. The molecule has 0 unspecified atom stereocenters. The van der Waals surface area contributed by atoms with Gasteiger partial charge in [0.2, 0.25) is 0 Å². The Bertz CT molecular complexity index is 1500. The third-order valence-electron chi connectivity index (χ3n) is 7.08. The largest absolute Gasteiger partial charge is 0.573 e. The number of hydrogen-bond donors (Lipinski definition) is 1. The Morgan fingerprint density at radius 3 is 2.40 bits per heavy atom. The van der Waals surface area contributed by atoms with Crippen molar-refractivity contribution < 1.29 is 27.1 Å². The van der Waals surface area contributed by atoms with Gasteiger partial charge in [-0.05, 0) is 91.8 Å². The fourth-order valence-electron chi connectivity index (χ4n) is 5.14. The maximum Gasteiger partial charge on any atom is 0.573 e. The number of aromatic nitrogens is 2. The Hall–Kier alpha value is -3.79. The van der Waals surface area contributed by atoms with Gasteiger partial charge in [0.05, 0.1) is 16.8 Å². The number of carbonyl (C=O) groups excluding carboxylic acids is 1. The third-order valence-corrected chi connectivity index (χ3v) is 7.08. The summed E-state index contributed by atoms with van der Waals surface area (Å²) in [5.41, 5.74) is 4.96. The number of benzene rings is 2. The molecule has 0 saturated carbocycles. The fourth-order valence-corrected chi connectivity index (χ4v) is 5.14. The first-order valence-corrected chi connectivity index (χ1v) is 12.7. The Labute approximate surface area is 235 Å². The lowest BCUT2D eigenvalue weighted by Crippen LogP contribution is -2.33. The molecule has 4 aromatic rings. The van der Waals surface area contributed by atoms with Crippen molar-refractivity contribution >= 4 is 29.5 Å². The van der Waals surface area contributed by atoms with Crippen molar-refractivity contribution in [2.24, 2.45) is 0 Å². The molecular formula is C29H29ClF4N4O2. The smallest absolute Gasteiger partial charge is 0.406 e. The molecule has 40 heavy (non-hydrogen) atoms. The molecule has 212 valence electrons. The zero-order valence-corrected chi connectivity index (χ0v) is 22.8. The van der Waals surface area contributed by atoms with Crippen LogP contribution in [0.15, 0.2) is 60.8 Å². The Balaban J connectivity index is 0.00000370. The summed E-state index contributed by atoms with van der Waals surface area (Å²) in [5, 5.41) is 7.28. The average molecular weight is 577 g/mol. The van der Waals surface area contributed by atoms with Crippen LogP contribution in [0.4, 0.5) is 23.2 Å². The maximum atomic E-state index is 15.1. The Morgan fingerprint density at radius 2 is 1.75 bits per heavy atom. The van der Waals surface area contributed by atoms with Gasteiger partial charge in [-0.15, -0.1) is 25.6 Å². The first kappa shape index (κ1) is 29.2. The van der Waals surface area contributed by atoms with Crippen LogP contribution < -0.4 is 15.0 Å². The lowest BCUT2D eigenvalue weighted by molar-refractivity contribution is -0.274. The molecule has 0 aliphatic carbocycles. The molecule has 1 aliphatic rings. The standard InChI is InChI=1S/C29H28F4N4O2.ClH/c1-18-9-14-37-26(15-18)27(19(2)35-37)28(38)34-17-20-3-8-24(25(30)16-20)21-10-12-36(13-11-21)22-4-6-23(7-5-22)39-29(31,32)33;/h3-9,14-16,21H,10-13,17H2,1-2H3,(H,34,38);1H. The van der Waals surface area contributed by atoms with E-state index >= 15 is 4.39 Å². The average Bonchev–Trinajstić information content (AvgIpc) is 3.22. The summed E-state index contributed by atoms with van der Waals surface area (Å²) in [6.45, 7) is 5.23. The number of anilines is 1. The summed E-state index contributed by atoms with van der Waals surface area (Å²) in [5.74, 6) is -0.801. The minimum absolute atomic E-state index is 0. The molecule has 1 amide bonds. The lowest BCUT2D eigenvalue weighted by atomic mass is 9.88. The van der Waals surface area contributed by atoms with Gasteiger partial charge < -0.3 is 15.0 Å². The second-order valence-electron chi connectivity index (χ2n) is 9.84. The van der Waals surface area contributed by atoms with Crippen molar-refractivity contribution in [1.29, 1.82) is 0 Å². The second kappa shape index (κ2) is 11.8. The van der Waals surface area contributed by atoms with E-state index < -0.39 is 6.36 Å². The van der Waals surface area contributed by atoms with Crippen LogP contribution in [0, 0.1) is 19.7 Å². The lowest BCUT2D eigenvalue weighted by Gasteiger charge is -2.34. The Kier molecular flexibility index (Phi) is 8.58. The van der Waals surface area contributed by atoms with Crippen LogP contribution in [0.2, 0.25) is 0 Å². The van der Waals surface area contributed by atoms with Crippen LogP contribution in [0.25, 0.3) is 5.52 Å². The molecular weight excluding hydrogens is 548 g/mol. The number of carbonyl (C=O) groups is 1. The first-order chi connectivity index (χ1) is 18.6. The maximum absolute atomic E-state index is 15.1. The zero-order chi connectivity index (χ0) is 27.7. The van der Waals surface area contributed by atoms with Crippen LogP contribution >= 0.6 is 12.4 Å². The Morgan fingerprint density at radius 1 is 1.05 bits per heavy atom. The molecule has 0 radical (unpaired) electrons. The quantitative estimate of drug-likeness (QED) is 0.259. The van der Waals surface area contributed by atoms with Gasteiger partial charge in [-0.1, -0.05) is 12.1 Å². The number of fused-ring (bicyclic) bond motifs is 1. The van der Waals surface area contributed by atoms with Crippen LogP contribution in [-0.2, 0) is 6.54 Å². The molecule has 3 heterocycles. The molecule has 1 fully saturated rings. The predicted molar refractivity (Wildman–Crippen MR) is 147 cm³/mol. The van der Waals surface area contributed by atoms with E-state index in [4.69, 9.17) is 0 Å². The monoisotopic (exact) mass is 576 g/mol. The predicted octanol–water partition coefficient (Wildman–Crippen LogP) is 6.72. The third kappa shape index (κ3) is 6.50. The number of nitrogens with one attached hydrogen (secondary N) is 1. The minimum atomic E-state index is -4.72. The van der Waals surface area contributed by atoms with Gasteiger partial charge in [0.15, 0.2) is 0 Å². The van der Waals surface area contributed by atoms with Crippen LogP contribution in [0.5, 0.6) is 5.75 Å². The number of nitrogens with zero attached hydrogens (tertiary/aromatic N) is 3. The summed E-state index contributed by atoms with van der Waals surface area (Å²) < 4.78 is 57.9. The zero-order valence-electron chi connectivity index (χ0n) is 22.0. The summed E-state index contributed by atoms with van der Waals surface area (Å²) in [6, 6.07) is 14.7. The highest BCUT2D eigenvalue weighted by Crippen LogP contribution is 2.33. The summed E-state index contributed by atoms with van der Waals surface area (Å²) in [4.78, 5) is 15.0. The van der Waals surface area contributed by atoms with Gasteiger partial charge in [-0.25, -0.2) is 8.91 Å². The van der Waals surface area contributed by atoms with Gasteiger partial charge in [-0.3, -0.25) is 4.79 Å². The van der Waals surface area contributed by atoms with E-state index in [-0.39, 0.29) is 42.3 Å². The molecule has 5 rings (SSSR count).